The molecule has 0 spiro atoms. The summed E-state index contributed by atoms with van der Waals surface area (Å²) in [5.41, 5.74) is 4.50. The number of hydrogen-bond donors (Lipinski definition) is 2. The molecule has 0 unspecified atom stereocenters. The first-order valence-electron chi connectivity index (χ1n) is 8.88. The van der Waals surface area contributed by atoms with Crippen LogP contribution in [0.15, 0.2) is 66.9 Å². The maximum Gasteiger partial charge on any atom is 0.270 e. The molecule has 0 fully saturated rings. The molecule has 138 valence electrons. The highest BCUT2D eigenvalue weighted by Crippen LogP contribution is 2.09. The SMILES string of the molecule is Cc1cccc(CNC(=O)c2ccc(NCCc3ccc(F)cc3)cn2)c1. The van der Waals surface area contributed by atoms with Crippen molar-refractivity contribution in [2.75, 3.05) is 11.9 Å². The third kappa shape index (κ3) is 5.64. The van der Waals surface area contributed by atoms with Gasteiger partial charge in [-0.1, -0.05) is 42.0 Å². The lowest BCUT2D eigenvalue weighted by molar-refractivity contribution is 0.0946. The van der Waals surface area contributed by atoms with Gasteiger partial charge in [-0.15, -0.1) is 0 Å². The van der Waals surface area contributed by atoms with E-state index in [9.17, 15) is 9.18 Å². The van der Waals surface area contributed by atoms with E-state index in [0.717, 1.165) is 28.8 Å². The van der Waals surface area contributed by atoms with E-state index in [2.05, 4.69) is 15.6 Å². The molecule has 0 radical (unpaired) electrons. The van der Waals surface area contributed by atoms with Crippen LogP contribution in [0.3, 0.4) is 0 Å². The second kappa shape index (κ2) is 8.94. The minimum Gasteiger partial charge on any atom is -0.383 e. The summed E-state index contributed by atoms with van der Waals surface area (Å²) in [4.78, 5) is 16.4. The van der Waals surface area contributed by atoms with Crippen LogP contribution in [-0.4, -0.2) is 17.4 Å². The zero-order valence-corrected chi connectivity index (χ0v) is 15.2. The van der Waals surface area contributed by atoms with Crippen molar-refractivity contribution in [3.63, 3.8) is 0 Å². The van der Waals surface area contributed by atoms with Gasteiger partial charge in [-0.05, 0) is 48.7 Å². The van der Waals surface area contributed by atoms with Crippen molar-refractivity contribution in [1.82, 2.24) is 10.3 Å². The molecule has 2 aromatic carbocycles. The van der Waals surface area contributed by atoms with E-state index >= 15 is 0 Å². The van der Waals surface area contributed by atoms with Crippen LogP contribution in [0.1, 0.15) is 27.2 Å². The third-order valence-corrected chi connectivity index (χ3v) is 4.19. The van der Waals surface area contributed by atoms with Gasteiger partial charge in [-0.2, -0.15) is 0 Å². The van der Waals surface area contributed by atoms with Crippen molar-refractivity contribution in [3.05, 3.63) is 95.1 Å². The van der Waals surface area contributed by atoms with Crippen molar-refractivity contribution in [3.8, 4) is 0 Å². The number of pyridine rings is 1. The normalized spacial score (nSPS) is 10.4. The Labute approximate surface area is 158 Å². The Bertz CT molecular complexity index is 892. The van der Waals surface area contributed by atoms with E-state index in [1.54, 1.807) is 24.4 Å². The Morgan fingerprint density at radius 1 is 1.04 bits per heavy atom. The number of benzene rings is 2. The van der Waals surface area contributed by atoms with Crippen LogP contribution in [0.4, 0.5) is 10.1 Å². The zero-order chi connectivity index (χ0) is 19.1. The van der Waals surface area contributed by atoms with Crippen molar-refractivity contribution in [2.45, 2.75) is 19.9 Å². The molecule has 4 nitrogen and oxygen atoms in total. The van der Waals surface area contributed by atoms with Gasteiger partial charge in [0.25, 0.3) is 5.91 Å². The molecule has 0 bridgehead atoms. The summed E-state index contributed by atoms with van der Waals surface area (Å²) in [6.07, 6.45) is 2.42. The predicted octanol–water partition coefficient (Wildman–Crippen LogP) is 4.11. The number of carbonyl (C=O) groups is 1. The fourth-order valence-electron chi connectivity index (χ4n) is 2.73. The summed E-state index contributed by atoms with van der Waals surface area (Å²) in [6.45, 7) is 3.20. The number of aryl methyl sites for hydroxylation is 1. The van der Waals surface area contributed by atoms with Gasteiger partial charge in [-0.3, -0.25) is 4.79 Å². The summed E-state index contributed by atoms with van der Waals surface area (Å²) in [5, 5.41) is 6.13. The van der Waals surface area contributed by atoms with Gasteiger partial charge in [0.1, 0.15) is 11.5 Å². The molecular weight excluding hydrogens is 341 g/mol. The van der Waals surface area contributed by atoms with Crippen molar-refractivity contribution in [1.29, 1.82) is 0 Å². The van der Waals surface area contributed by atoms with Gasteiger partial charge >= 0.3 is 0 Å². The molecule has 3 rings (SSSR count). The Morgan fingerprint density at radius 2 is 1.85 bits per heavy atom. The number of carbonyl (C=O) groups excluding carboxylic acids is 1. The van der Waals surface area contributed by atoms with E-state index in [0.29, 0.717) is 18.8 Å². The van der Waals surface area contributed by atoms with Crippen LogP contribution in [0.25, 0.3) is 0 Å². The Hall–Kier alpha value is -3.21. The summed E-state index contributed by atoms with van der Waals surface area (Å²) < 4.78 is 12.9. The van der Waals surface area contributed by atoms with Gasteiger partial charge in [0, 0.05) is 13.1 Å². The number of rotatable bonds is 7. The lowest BCUT2D eigenvalue weighted by Gasteiger charge is -2.08. The molecule has 0 saturated carbocycles. The van der Waals surface area contributed by atoms with E-state index in [1.165, 1.54) is 12.1 Å². The molecule has 0 aliphatic rings. The first-order chi connectivity index (χ1) is 13.1. The van der Waals surface area contributed by atoms with Crippen LogP contribution in [0.2, 0.25) is 0 Å². The standard InChI is InChI=1S/C22H22FN3O/c1-16-3-2-4-18(13-16)14-26-22(27)21-10-9-20(15-25-21)24-12-11-17-5-7-19(23)8-6-17/h2-10,13,15,24H,11-12,14H2,1H3,(H,26,27). The molecule has 2 N–H and O–H groups in total. The smallest absolute Gasteiger partial charge is 0.270 e. The van der Waals surface area contributed by atoms with E-state index in [4.69, 9.17) is 0 Å². The van der Waals surface area contributed by atoms with Gasteiger partial charge < -0.3 is 10.6 Å². The summed E-state index contributed by atoms with van der Waals surface area (Å²) >= 11 is 0. The average Bonchev–Trinajstić information content (AvgIpc) is 2.68. The fraction of sp³-hybridized carbons (Fsp3) is 0.182. The fourth-order valence-corrected chi connectivity index (χ4v) is 2.73. The molecule has 0 aliphatic carbocycles. The van der Waals surface area contributed by atoms with E-state index in [-0.39, 0.29) is 11.7 Å². The number of nitrogens with zero attached hydrogens (tertiary/aromatic N) is 1. The molecule has 0 atom stereocenters. The van der Waals surface area contributed by atoms with Gasteiger partial charge in [0.2, 0.25) is 0 Å². The lowest BCUT2D eigenvalue weighted by Crippen LogP contribution is -2.23. The van der Waals surface area contributed by atoms with E-state index in [1.807, 2.05) is 37.3 Å². The molecular formula is C22H22FN3O. The quantitative estimate of drug-likeness (QED) is 0.664. The number of halogens is 1. The van der Waals surface area contributed by atoms with E-state index < -0.39 is 0 Å². The van der Waals surface area contributed by atoms with Crippen LogP contribution in [0.5, 0.6) is 0 Å². The Kier molecular flexibility index (Phi) is 6.15. The van der Waals surface area contributed by atoms with Gasteiger partial charge in [0.05, 0.1) is 11.9 Å². The summed E-state index contributed by atoms with van der Waals surface area (Å²) in [7, 11) is 0. The maximum absolute atomic E-state index is 12.9. The number of hydrogen-bond acceptors (Lipinski definition) is 3. The van der Waals surface area contributed by atoms with Crippen LogP contribution in [-0.2, 0) is 13.0 Å². The molecule has 0 aliphatic heterocycles. The number of nitrogens with one attached hydrogen (secondary N) is 2. The number of anilines is 1. The topological polar surface area (TPSA) is 54.0 Å². The highest BCUT2D eigenvalue weighted by atomic mass is 19.1. The third-order valence-electron chi connectivity index (χ3n) is 4.19. The summed E-state index contributed by atoms with van der Waals surface area (Å²) in [5.74, 6) is -0.429. The number of aromatic nitrogens is 1. The molecule has 5 heteroatoms. The molecule has 1 amide bonds. The average molecular weight is 363 g/mol. The summed E-state index contributed by atoms with van der Waals surface area (Å²) in [6, 6.07) is 18.0. The first kappa shape index (κ1) is 18.6. The largest absolute Gasteiger partial charge is 0.383 e. The van der Waals surface area contributed by atoms with Crippen LogP contribution < -0.4 is 10.6 Å². The van der Waals surface area contributed by atoms with Crippen LogP contribution >= 0.6 is 0 Å². The molecule has 3 aromatic rings. The minimum atomic E-state index is -0.229. The predicted molar refractivity (Wildman–Crippen MR) is 105 cm³/mol. The van der Waals surface area contributed by atoms with Crippen molar-refractivity contribution >= 4 is 11.6 Å². The maximum atomic E-state index is 12.9. The van der Waals surface area contributed by atoms with Crippen molar-refractivity contribution < 1.29 is 9.18 Å². The minimum absolute atomic E-state index is 0.200. The zero-order valence-electron chi connectivity index (χ0n) is 15.2. The number of amides is 1. The Balaban J connectivity index is 1.47. The first-order valence-corrected chi connectivity index (χ1v) is 8.88. The van der Waals surface area contributed by atoms with Gasteiger partial charge in [0.15, 0.2) is 0 Å². The molecule has 1 heterocycles. The molecule has 0 saturated heterocycles. The van der Waals surface area contributed by atoms with Crippen LogP contribution in [0, 0.1) is 12.7 Å². The van der Waals surface area contributed by atoms with Crippen molar-refractivity contribution in [2.24, 2.45) is 0 Å². The highest BCUT2D eigenvalue weighted by molar-refractivity contribution is 5.92. The monoisotopic (exact) mass is 363 g/mol. The molecule has 27 heavy (non-hydrogen) atoms. The molecule has 1 aromatic heterocycles. The second-order valence-electron chi connectivity index (χ2n) is 6.41. The van der Waals surface area contributed by atoms with Gasteiger partial charge in [-0.25, -0.2) is 9.37 Å². The lowest BCUT2D eigenvalue weighted by atomic mass is 10.1. The second-order valence-corrected chi connectivity index (χ2v) is 6.41. The Morgan fingerprint density at radius 3 is 2.56 bits per heavy atom. The highest BCUT2D eigenvalue weighted by Gasteiger charge is 2.07.